The molecule has 2 heterocycles. The lowest BCUT2D eigenvalue weighted by Gasteiger charge is -2.36. The number of anilines is 1. The van der Waals surface area contributed by atoms with E-state index < -0.39 is 0 Å². The van der Waals surface area contributed by atoms with Crippen molar-refractivity contribution in [2.75, 3.05) is 25.5 Å². The summed E-state index contributed by atoms with van der Waals surface area (Å²) in [6.45, 7) is 0.669. The summed E-state index contributed by atoms with van der Waals surface area (Å²) in [5.41, 5.74) is 2.91. The van der Waals surface area contributed by atoms with Gasteiger partial charge in [0.25, 0.3) is 5.91 Å². The van der Waals surface area contributed by atoms with Gasteiger partial charge in [-0.1, -0.05) is 30.3 Å². The largest absolute Gasteiger partial charge is 0.347 e. The van der Waals surface area contributed by atoms with E-state index in [0.29, 0.717) is 23.6 Å². The molecule has 1 unspecified atom stereocenters. The van der Waals surface area contributed by atoms with Crippen molar-refractivity contribution in [3.8, 4) is 11.1 Å². The van der Waals surface area contributed by atoms with E-state index in [-0.39, 0.29) is 17.8 Å². The Morgan fingerprint density at radius 1 is 1.10 bits per heavy atom. The van der Waals surface area contributed by atoms with E-state index in [0.717, 1.165) is 30.5 Å². The number of amides is 1. The Morgan fingerprint density at radius 2 is 1.90 bits per heavy atom. The summed E-state index contributed by atoms with van der Waals surface area (Å²) >= 11 is 0. The maximum atomic E-state index is 13.9. The normalized spacial score (nSPS) is 16.4. The van der Waals surface area contributed by atoms with Gasteiger partial charge in [-0.3, -0.25) is 4.79 Å². The van der Waals surface area contributed by atoms with Gasteiger partial charge in [-0.25, -0.2) is 14.4 Å². The molecule has 0 saturated carbocycles. The highest BCUT2D eigenvalue weighted by molar-refractivity contribution is 5.94. The number of rotatable bonds is 4. The molecule has 2 aromatic carbocycles. The number of hydrogen-bond donors (Lipinski definition) is 0. The Morgan fingerprint density at radius 3 is 2.63 bits per heavy atom. The van der Waals surface area contributed by atoms with Gasteiger partial charge in [0.2, 0.25) is 5.95 Å². The van der Waals surface area contributed by atoms with Crippen LogP contribution in [-0.2, 0) is 0 Å². The van der Waals surface area contributed by atoms with Crippen LogP contribution in [0.3, 0.4) is 0 Å². The lowest BCUT2D eigenvalue weighted by Crippen LogP contribution is -2.39. The molecule has 1 aromatic heterocycles. The zero-order chi connectivity index (χ0) is 21.1. The van der Waals surface area contributed by atoms with Gasteiger partial charge in [-0.05, 0) is 49.1 Å². The van der Waals surface area contributed by atoms with Crippen molar-refractivity contribution in [1.29, 1.82) is 0 Å². The number of halogens is 1. The number of likely N-dealkylation sites (tertiary alicyclic amines) is 1. The Kier molecular flexibility index (Phi) is 5.74. The monoisotopic (exact) mass is 404 g/mol. The van der Waals surface area contributed by atoms with Crippen molar-refractivity contribution in [2.24, 2.45) is 0 Å². The topological polar surface area (TPSA) is 49.3 Å². The van der Waals surface area contributed by atoms with E-state index in [9.17, 15) is 9.18 Å². The van der Waals surface area contributed by atoms with Crippen LogP contribution in [0, 0.1) is 5.82 Å². The molecule has 3 aromatic rings. The van der Waals surface area contributed by atoms with Gasteiger partial charge in [0.15, 0.2) is 0 Å². The number of hydrogen-bond acceptors (Lipinski definition) is 4. The van der Waals surface area contributed by atoms with E-state index in [1.54, 1.807) is 12.3 Å². The van der Waals surface area contributed by atoms with Crippen molar-refractivity contribution in [3.05, 3.63) is 77.9 Å². The van der Waals surface area contributed by atoms with Crippen molar-refractivity contribution in [2.45, 2.75) is 25.3 Å². The molecule has 5 nitrogen and oxygen atoms in total. The Bertz CT molecular complexity index is 1040. The Labute approximate surface area is 176 Å². The second-order valence-corrected chi connectivity index (χ2v) is 7.75. The molecule has 154 valence electrons. The summed E-state index contributed by atoms with van der Waals surface area (Å²) in [6, 6.07) is 15.6. The first-order valence-corrected chi connectivity index (χ1v) is 10.2. The van der Waals surface area contributed by atoms with E-state index in [4.69, 9.17) is 4.98 Å². The number of nitrogens with zero attached hydrogens (tertiary/aromatic N) is 4. The van der Waals surface area contributed by atoms with E-state index in [1.807, 2.05) is 60.3 Å². The van der Waals surface area contributed by atoms with Crippen LogP contribution in [0.2, 0.25) is 0 Å². The van der Waals surface area contributed by atoms with Gasteiger partial charge < -0.3 is 9.80 Å². The maximum absolute atomic E-state index is 13.9. The summed E-state index contributed by atoms with van der Waals surface area (Å²) in [4.78, 5) is 26.3. The summed E-state index contributed by atoms with van der Waals surface area (Å²) < 4.78 is 13.9. The standard InChI is InChI=1S/C24H25FN4O/c1-28(2)24-26-16-20(18-11-8-12-19(25)15-18)22(27-24)21-13-6-7-14-29(21)23(30)17-9-4-3-5-10-17/h3-5,8-12,15-16,21H,6-7,13-14H2,1-2H3. The van der Waals surface area contributed by atoms with Crippen LogP contribution in [-0.4, -0.2) is 41.4 Å². The molecule has 0 spiro atoms. The average Bonchev–Trinajstić information content (AvgIpc) is 2.78. The molecular weight excluding hydrogens is 379 g/mol. The molecule has 1 fully saturated rings. The average molecular weight is 404 g/mol. The highest BCUT2D eigenvalue weighted by Gasteiger charge is 2.32. The van der Waals surface area contributed by atoms with Gasteiger partial charge in [0.1, 0.15) is 5.82 Å². The summed E-state index contributed by atoms with van der Waals surface area (Å²) in [7, 11) is 3.77. The Balaban J connectivity index is 1.81. The highest BCUT2D eigenvalue weighted by atomic mass is 19.1. The first kappa shape index (κ1) is 20.0. The fourth-order valence-corrected chi connectivity index (χ4v) is 3.94. The molecule has 0 bridgehead atoms. The molecule has 6 heteroatoms. The van der Waals surface area contributed by atoms with Crippen molar-refractivity contribution >= 4 is 11.9 Å². The first-order chi connectivity index (χ1) is 14.5. The zero-order valence-electron chi connectivity index (χ0n) is 17.3. The number of benzene rings is 2. The molecule has 0 aliphatic carbocycles. The lowest BCUT2D eigenvalue weighted by molar-refractivity contribution is 0.0607. The molecule has 1 saturated heterocycles. The van der Waals surface area contributed by atoms with Crippen molar-refractivity contribution in [1.82, 2.24) is 14.9 Å². The highest BCUT2D eigenvalue weighted by Crippen LogP contribution is 2.37. The van der Waals surface area contributed by atoms with Crippen LogP contribution in [0.25, 0.3) is 11.1 Å². The van der Waals surface area contributed by atoms with Gasteiger partial charge in [-0.2, -0.15) is 0 Å². The Hall–Kier alpha value is -3.28. The third-order valence-electron chi connectivity index (χ3n) is 5.44. The fourth-order valence-electron chi connectivity index (χ4n) is 3.94. The van der Waals surface area contributed by atoms with Crippen LogP contribution < -0.4 is 4.90 Å². The van der Waals surface area contributed by atoms with Gasteiger partial charge in [0.05, 0.1) is 11.7 Å². The molecule has 1 aliphatic rings. The number of carbonyl (C=O) groups is 1. The van der Waals surface area contributed by atoms with Gasteiger partial charge in [0, 0.05) is 38.0 Å². The second-order valence-electron chi connectivity index (χ2n) is 7.75. The summed E-state index contributed by atoms with van der Waals surface area (Å²) in [5, 5.41) is 0. The third kappa shape index (κ3) is 4.03. The third-order valence-corrected chi connectivity index (χ3v) is 5.44. The maximum Gasteiger partial charge on any atom is 0.254 e. The quantitative estimate of drug-likeness (QED) is 0.632. The van der Waals surface area contributed by atoms with Crippen molar-refractivity contribution < 1.29 is 9.18 Å². The van der Waals surface area contributed by atoms with Crippen molar-refractivity contribution in [3.63, 3.8) is 0 Å². The molecule has 0 N–H and O–H groups in total. The van der Waals surface area contributed by atoms with E-state index in [1.165, 1.54) is 12.1 Å². The summed E-state index contributed by atoms with van der Waals surface area (Å²) in [6.07, 6.45) is 4.51. The smallest absolute Gasteiger partial charge is 0.254 e. The first-order valence-electron chi connectivity index (χ1n) is 10.2. The van der Waals surface area contributed by atoms with Crippen LogP contribution in [0.5, 0.6) is 0 Å². The predicted octanol–water partition coefficient (Wildman–Crippen LogP) is 4.72. The predicted molar refractivity (Wildman–Crippen MR) is 116 cm³/mol. The minimum atomic E-state index is -0.309. The van der Waals surface area contributed by atoms with E-state index in [2.05, 4.69) is 4.98 Å². The number of piperidine rings is 1. The molecule has 1 amide bonds. The molecule has 30 heavy (non-hydrogen) atoms. The van der Waals surface area contributed by atoms with E-state index >= 15 is 0 Å². The lowest BCUT2D eigenvalue weighted by atomic mass is 9.93. The fraction of sp³-hybridized carbons (Fsp3) is 0.292. The minimum Gasteiger partial charge on any atom is -0.347 e. The van der Waals surface area contributed by atoms with Crippen LogP contribution >= 0.6 is 0 Å². The molecule has 0 radical (unpaired) electrons. The SMILES string of the molecule is CN(C)c1ncc(-c2cccc(F)c2)c(C2CCCCN2C(=O)c2ccccc2)n1. The molecule has 1 aliphatic heterocycles. The summed E-state index contributed by atoms with van der Waals surface area (Å²) in [5.74, 6) is 0.259. The minimum absolute atomic E-state index is 0.00416. The number of carbonyl (C=O) groups excluding carboxylic acids is 1. The van der Waals surface area contributed by atoms with Gasteiger partial charge >= 0.3 is 0 Å². The zero-order valence-corrected chi connectivity index (χ0v) is 17.3. The molecule has 1 atom stereocenters. The van der Waals surface area contributed by atoms with Crippen LogP contribution in [0.4, 0.5) is 10.3 Å². The number of aromatic nitrogens is 2. The van der Waals surface area contributed by atoms with Crippen LogP contribution in [0.1, 0.15) is 41.4 Å². The second kappa shape index (κ2) is 8.61. The molecular formula is C24H25FN4O. The van der Waals surface area contributed by atoms with Crippen LogP contribution in [0.15, 0.2) is 60.8 Å². The van der Waals surface area contributed by atoms with Gasteiger partial charge in [-0.15, -0.1) is 0 Å². The molecule has 4 rings (SSSR count).